The van der Waals surface area contributed by atoms with Crippen LogP contribution in [-0.2, 0) is 6.42 Å². The predicted molar refractivity (Wildman–Crippen MR) is 85.2 cm³/mol. The minimum atomic E-state index is -0.140. The van der Waals surface area contributed by atoms with Crippen molar-refractivity contribution >= 4 is 40.2 Å². The number of carbonyl (C=O) groups excluding carboxylic acids is 1. The highest BCUT2D eigenvalue weighted by atomic mass is 79.9. The van der Waals surface area contributed by atoms with Crippen LogP contribution in [0.25, 0.3) is 0 Å². The van der Waals surface area contributed by atoms with E-state index in [-0.39, 0.29) is 5.91 Å². The lowest BCUT2D eigenvalue weighted by Crippen LogP contribution is -2.13. The summed E-state index contributed by atoms with van der Waals surface area (Å²) in [4.78, 5) is 12.9. The Hall–Kier alpha value is -1.26. The third kappa shape index (κ3) is 3.39. The topological polar surface area (TPSA) is 29.1 Å². The van der Waals surface area contributed by atoms with E-state index in [0.29, 0.717) is 10.5 Å². The predicted octanol–water partition coefficient (Wildman–Crippen LogP) is 4.55. The Balaban J connectivity index is 2.26. The van der Waals surface area contributed by atoms with Crippen molar-refractivity contribution in [2.45, 2.75) is 18.2 Å². The van der Waals surface area contributed by atoms with Gasteiger partial charge in [0.15, 0.2) is 0 Å². The van der Waals surface area contributed by atoms with Gasteiger partial charge in [0.25, 0.3) is 5.91 Å². The average molecular weight is 336 g/mol. The maximum Gasteiger partial charge on any atom is 0.256 e. The average Bonchev–Trinajstić information content (AvgIpc) is 2.39. The highest BCUT2D eigenvalue weighted by molar-refractivity contribution is 9.10. The largest absolute Gasteiger partial charge is 0.322 e. The highest BCUT2D eigenvalue weighted by Crippen LogP contribution is 2.22. The number of rotatable bonds is 3. The molecule has 1 amide bonds. The summed E-state index contributed by atoms with van der Waals surface area (Å²) in [5.74, 6) is -0.140. The van der Waals surface area contributed by atoms with Gasteiger partial charge >= 0.3 is 0 Å². The van der Waals surface area contributed by atoms with Crippen LogP contribution in [0, 0.1) is 0 Å². The Morgan fingerprint density at radius 3 is 2.68 bits per heavy atom. The van der Waals surface area contributed by atoms with Crippen LogP contribution in [0.1, 0.15) is 22.8 Å². The van der Waals surface area contributed by atoms with Gasteiger partial charge in [-0.3, -0.25) is 4.79 Å². The highest BCUT2D eigenvalue weighted by Gasteiger charge is 2.11. The Morgan fingerprint density at radius 1 is 1.26 bits per heavy atom. The molecule has 19 heavy (non-hydrogen) atoms. The Bertz CT molecular complexity index is 613. The molecule has 0 saturated carbocycles. The van der Waals surface area contributed by atoms with Crippen molar-refractivity contribution in [2.24, 2.45) is 0 Å². The van der Waals surface area contributed by atoms with Gasteiger partial charge in [-0.15, -0.1) is 12.6 Å². The first-order chi connectivity index (χ1) is 9.11. The number of hydrogen-bond donors (Lipinski definition) is 2. The minimum absolute atomic E-state index is 0.140. The van der Waals surface area contributed by atoms with Crippen LogP contribution in [0.15, 0.2) is 51.8 Å². The summed E-state index contributed by atoms with van der Waals surface area (Å²) in [6.07, 6.45) is 0.879. The van der Waals surface area contributed by atoms with Gasteiger partial charge in [0.2, 0.25) is 0 Å². The zero-order valence-electron chi connectivity index (χ0n) is 10.5. The molecule has 0 unspecified atom stereocenters. The normalized spacial score (nSPS) is 10.3. The monoisotopic (exact) mass is 335 g/mol. The molecule has 0 bridgehead atoms. The van der Waals surface area contributed by atoms with E-state index in [9.17, 15) is 4.79 Å². The van der Waals surface area contributed by atoms with Crippen LogP contribution in [0.5, 0.6) is 0 Å². The summed E-state index contributed by atoms with van der Waals surface area (Å²) in [7, 11) is 0. The zero-order valence-corrected chi connectivity index (χ0v) is 13.0. The van der Waals surface area contributed by atoms with E-state index >= 15 is 0 Å². The van der Waals surface area contributed by atoms with Crippen LogP contribution in [-0.4, -0.2) is 5.91 Å². The molecule has 0 heterocycles. The van der Waals surface area contributed by atoms with Crippen molar-refractivity contribution in [3.8, 4) is 0 Å². The molecule has 2 aromatic rings. The lowest BCUT2D eigenvalue weighted by Gasteiger charge is -2.11. The molecular formula is C15H14BrNOS. The molecular weight excluding hydrogens is 322 g/mol. The van der Waals surface area contributed by atoms with Gasteiger partial charge in [-0.25, -0.2) is 0 Å². The Kier molecular flexibility index (Phi) is 4.66. The van der Waals surface area contributed by atoms with E-state index in [2.05, 4.69) is 40.8 Å². The number of carbonyl (C=O) groups is 1. The molecule has 0 atom stereocenters. The fraction of sp³-hybridized carbons (Fsp3) is 0.133. The number of para-hydroxylation sites is 1. The fourth-order valence-corrected chi connectivity index (χ4v) is 2.69. The summed E-state index contributed by atoms with van der Waals surface area (Å²) < 4.78 is 0.906. The van der Waals surface area contributed by atoms with Gasteiger partial charge in [-0.1, -0.05) is 41.1 Å². The number of halogens is 1. The van der Waals surface area contributed by atoms with Gasteiger partial charge in [-0.05, 0) is 36.2 Å². The first kappa shape index (κ1) is 14.2. The van der Waals surface area contributed by atoms with E-state index < -0.39 is 0 Å². The molecule has 0 radical (unpaired) electrons. The third-order valence-electron chi connectivity index (χ3n) is 2.85. The molecule has 4 heteroatoms. The van der Waals surface area contributed by atoms with Gasteiger partial charge in [0.05, 0.1) is 5.56 Å². The van der Waals surface area contributed by atoms with Gasteiger partial charge in [-0.2, -0.15) is 0 Å². The second-order valence-electron chi connectivity index (χ2n) is 4.13. The van der Waals surface area contributed by atoms with E-state index in [0.717, 1.165) is 22.1 Å². The molecule has 1 N–H and O–H groups in total. The number of aryl methyl sites for hydroxylation is 1. The second kappa shape index (κ2) is 6.26. The summed E-state index contributed by atoms with van der Waals surface area (Å²) >= 11 is 7.69. The van der Waals surface area contributed by atoms with Crippen LogP contribution < -0.4 is 5.32 Å². The lowest BCUT2D eigenvalue weighted by molar-refractivity contribution is 0.102. The molecule has 0 aliphatic carbocycles. The Labute approximate surface area is 126 Å². The summed E-state index contributed by atoms with van der Waals surface area (Å²) in [5, 5.41) is 2.93. The van der Waals surface area contributed by atoms with E-state index in [1.165, 1.54) is 0 Å². The van der Waals surface area contributed by atoms with Crippen molar-refractivity contribution in [3.05, 3.63) is 58.1 Å². The van der Waals surface area contributed by atoms with Gasteiger partial charge in [0.1, 0.15) is 0 Å². The summed E-state index contributed by atoms with van der Waals surface area (Å²) in [6, 6.07) is 13.2. The maximum absolute atomic E-state index is 12.2. The molecule has 2 rings (SSSR count). The van der Waals surface area contributed by atoms with Crippen molar-refractivity contribution in [1.82, 2.24) is 0 Å². The third-order valence-corrected chi connectivity index (χ3v) is 3.71. The number of hydrogen-bond acceptors (Lipinski definition) is 2. The van der Waals surface area contributed by atoms with E-state index in [1.807, 2.05) is 36.4 Å². The van der Waals surface area contributed by atoms with E-state index in [1.54, 1.807) is 6.07 Å². The smallest absolute Gasteiger partial charge is 0.256 e. The van der Waals surface area contributed by atoms with Crippen LogP contribution >= 0.6 is 28.6 Å². The molecule has 98 valence electrons. The number of thiol groups is 1. The standard InChI is InChI=1S/C15H14BrNOS/c1-2-10-5-3-4-6-13(10)17-15(18)12-8-7-11(16)9-14(12)19/h3-9,19H,2H2,1H3,(H,17,18). The number of benzene rings is 2. The zero-order chi connectivity index (χ0) is 13.8. The van der Waals surface area contributed by atoms with Crippen molar-refractivity contribution < 1.29 is 4.79 Å². The number of anilines is 1. The van der Waals surface area contributed by atoms with Crippen molar-refractivity contribution in [2.75, 3.05) is 5.32 Å². The molecule has 0 fully saturated rings. The summed E-state index contributed by atoms with van der Waals surface area (Å²) in [5.41, 5.74) is 2.54. The van der Waals surface area contributed by atoms with Crippen LogP contribution in [0.3, 0.4) is 0 Å². The van der Waals surface area contributed by atoms with Crippen LogP contribution in [0.2, 0.25) is 0 Å². The molecule has 0 saturated heterocycles. The quantitative estimate of drug-likeness (QED) is 0.791. The molecule has 0 aliphatic heterocycles. The number of nitrogens with one attached hydrogen (secondary N) is 1. The number of amides is 1. The first-order valence-electron chi connectivity index (χ1n) is 5.99. The molecule has 2 aromatic carbocycles. The lowest BCUT2D eigenvalue weighted by atomic mass is 10.1. The van der Waals surface area contributed by atoms with Crippen LogP contribution in [0.4, 0.5) is 5.69 Å². The maximum atomic E-state index is 12.2. The van der Waals surface area contributed by atoms with Gasteiger partial charge < -0.3 is 5.32 Å². The first-order valence-corrected chi connectivity index (χ1v) is 7.23. The molecule has 0 aromatic heterocycles. The second-order valence-corrected chi connectivity index (χ2v) is 5.52. The van der Waals surface area contributed by atoms with Gasteiger partial charge in [0, 0.05) is 15.1 Å². The minimum Gasteiger partial charge on any atom is -0.322 e. The van der Waals surface area contributed by atoms with Crippen molar-refractivity contribution in [3.63, 3.8) is 0 Å². The van der Waals surface area contributed by atoms with Crippen molar-refractivity contribution in [1.29, 1.82) is 0 Å². The van der Waals surface area contributed by atoms with E-state index in [4.69, 9.17) is 0 Å². The molecule has 0 aliphatic rings. The molecule has 0 spiro atoms. The summed E-state index contributed by atoms with van der Waals surface area (Å²) in [6.45, 7) is 2.06. The fourth-order valence-electron chi connectivity index (χ4n) is 1.84. The SMILES string of the molecule is CCc1ccccc1NC(=O)c1ccc(Br)cc1S. The molecule has 2 nitrogen and oxygen atoms in total. The Morgan fingerprint density at radius 2 is 2.00 bits per heavy atom.